The molecule has 1 saturated heterocycles. The van der Waals surface area contributed by atoms with E-state index in [0.29, 0.717) is 30.2 Å². The fourth-order valence-corrected chi connectivity index (χ4v) is 3.16. The van der Waals surface area contributed by atoms with Crippen LogP contribution in [0.3, 0.4) is 0 Å². The molecule has 0 unspecified atom stereocenters. The van der Waals surface area contributed by atoms with Crippen molar-refractivity contribution in [1.29, 1.82) is 5.26 Å². The third kappa shape index (κ3) is 4.30. The highest BCUT2D eigenvalue weighted by Crippen LogP contribution is 2.17. The number of hydrogen-bond acceptors (Lipinski definition) is 7. The van der Waals surface area contributed by atoms with Crippen molar-refractivity contribution < 1.29 is 4.79 Å². The molecule has 2 aromatic heterocycles. The number of piperazine rings is 1. The molecule has 0 saturated carbocycles. The Balaban J connectivity index is 1.40. The smallest absolute Gasteiger partial charge is 0.272 e. The molecule has 1 aromatic carbocycles. The van der Waals surface area contributed by atoms with Gasteiger partial charge in [-0.25, -0.2) is 15.0 Å². The lowest BCUT2D eigenvalue weighted by Crippen LogP contribution is -2.49. The maximum absolute atomic E-state index is 12.9. The number of nitrogens with zero attached hydrogens (tertiary/aromatic N) is 6. The van der Waals surface area contributed by atoms with Gasteiger partial charge in [0.2, 0.25) is 0 Å². The first-order valence-electron chi connectivity index (χ1n) is 9.27. The first kappa shape index (κ1) is 18.4. The standard InChI is InChI=1S/C21H19N7O/c22-14-16-4-6-17(7-5-16)26-19-13-18(24-15-25-19)21(29)28-11-9-27(10-12-28)20-3-1-2-8-23-20/h1-8,13,15H,9-12H2,(H,24,25,26). The summed E-state index contributed by atoms with van der Waals surface area (Å²) in [6, 6.07) is 16.6. The number of anilines is 3. The molecule has 0 atom stereocenters. The van der Waals surface area contributed by atoms with E-state index in [2.05, 4.69) is 31.2 Å². The van der Waals surface area contributed by atoms with Crippen LogP contribution in [-0.4, -0.2) is 51.9 Å². The minimum Gasteiger partial charge on any atom is -0.353 e. The lowest BCUT2D eigenvalue weighted by molar-refractivity contribution is 0.0740. The van der Waals surface area contributed by atoms with Crippen molar-refractivity contribution >= 4 is 23.2 Å². The van der Waals surface area contributed by atoms with Crippen molar-refractivity contribution in [2.24, 2.45) is 0 Å². The first-order chi connectivity index (χ1) is 14.2. The normalized spacial score (nSPS) is 13.6. The summed E-state index contributed by atoms with van der Waals surface area (Å²) in [5.74, 6) is 1.34. The summed E-state index contributed by atoms with van der Waals surface area (Å²) in [5.41, 5.74) is 1.71. The number of benzene rings is 1. The van der Waals surface area contributed by atoms with Crippen molar-refractivity contribution in [1.82, 2.24) is 19.9 Å². The summed E-state index contributed by atoms with van der Waals surface area (Å²) in [4.78, 5) is 29.5. The Hall–Kier alpha value is -3.99. The number of nitrogens with one attached hydrogen (secondary N) is 1. The summed E-state index contributed by atoms with van der Waals surface area (Å²) in [7, 11) is 0. The monoisotopic (exact) mass is 385 g/mol. The Kier molecular flexibility index (Phi) is 5.29. The molecule has 1 fully saturated rings. The summed E-state index contributed by atoms with van der Waals surface area (Å²) < 4.78 is 0. The fourth-order valence-electron chi connectivity index (χ4n) is 3.16. The van der Waals surface area contributed by atoms with E-state index >= 15 is 0 Å². The zero-order chi connectivity index (χ0) is 20.1. The van der Waals surface area contributed by atoms with E-state index < -0.39 is 0 Å². The van der Waals surface area contributed by atoms with Gasteiger partial charge in [-0.05, 0) is 36.4 Å². The van der Waals surface area contributed by atoms with Crippen molar-refractivity contribution in [2.75, 3.05) is 36.4 Å². The summed E-state index contributed by atoms with van der Waals surface area (Å²) in [6.07, 6.45) is 3.15. The molecule has 4 rings (SSSR count). The first-order valence-corrected chi connectivity index (χ1v) is 9.27. The van der Waals surface area contributed by atoms with Gasteiger partial charge in [0.05, 0.1) is 11.6 Å². The van der Waals surface area contributed by atoms with Crippen LogP contribution in [0.1, 0.15) is 16.1 Å². The minimum atomic E-state index is -0.115. The maximum atomic E-state index is 12.9. The molecule has 8 heteroatoms. The Morgan fingerprint density at radius 2 is 1.79 bits per heavy atom. The van der Waals surface area contributed by atoms with Crippen LogP contribution in [-0.2, 0) is 0 Å². The number of carbonyl (C=O) groups excluding carboxylic acids is 1. The fraction of sp³-hybridized carbons (Fsp3) is 0.190. The van der Waals surface area contributed by atoms with Crippen LogP contribution < -0.4 is 10.2 Å². The van der Waals surface area contributed by atoms with E-state index in [-0.39, 0.29) is 5.91 Å². The number of nitriles is 1. The molecule has 1 amide bonds. The number of rotatable bonds is 4. The quantitative estimate of drug-likeness (QED) is 0.736. The van der Waals surface area contributed by atoms with Gasteiger partial charge in [-0.15, -0.1) is 0 Å². The molecule has 1 aliphatic rings. The summed E-state index contributed by atoms with van der Waals surface area (Å²) in [6.45, 7) is 2.67. The molecule has 29 heavy (non-hydrogen) atoms. The predicted molar refractivity (Wildman–Crippen MR) is 109 cm³/mol. The van der Waals surface area contributed by atoms with Crippen LogP contribution in [0.4, 0.5) is 17.3 Å². The molecule has 0 bridgehead atoms. The van der Waals surface area contributed by atoms with Crippen LogP contribution in [0.5, 0.6) is 0 Å². The molecule has 3 aromatic rings. The molecule has 144 valence electrons. The van der Waals surface area contributed by atoms with Crippen molar-refractivity contribution in [3.05, 3.63) is 72.3 Å². The van der Waals surface area contributed by atoms with Gasteiger partial charge >= 0.3 is 0 Å². The van der Waals surface area contributed by atoms with Gasteiger partial charge in [-0.1, -0.05) is 6.07 Å². The van der Waals surface area contributed by atoms with Gasteiger partial charge in [0.1, 0.15) is 23.7 Å². The number of hydrogen-bond donors (Lipinski definition) is 1. The summed E-state index contributed by atoms with van der Waals surface area (Å²) >= 11 is 0. The molecular formula is C21H19N7O. The average molecular weight is 385 g/mol. The number of amides is 1. The SMILES string of the molecule is N#Cc1ccc(Nc2cc(C(=O)N3CCN(c4ccccn4)CC3)ncn2)cc1. The van der Waals surface area contributed by atoms with Crippen molar-refractivity contribution in [2.45, 2.75) is 0 Å². The number of pyridine rings is 1. The Morgan fingerprint density at radius 3 is 2.48 bits per heavy atom. The van der Waals surface area contributed by atoms with Crippen LogP contribution in [0.2, 0.25) is 0 Å². The third-order valence-corrected chi connectivity index (χ3v) is 4.71. The van der Waals surface area contributed by atoms with E-state index in [4.69, 9.17) is 5.26 Å². The van der Waals surface area contributed by atoms with Gasteiger partial charge in [0.25, 0.3) is 5.91 Å². The lowest BCUT2D eigenvalue weighted by atomic mass is 10.2. The van der Waals surface area contributed by atoms with E-state index in [9.17, 15) is 4.79 Å². The van der Waals surface area contributed by atoms with Crippen LogP contribution in [0.15, 0.2) is 61.1 Å². The molecule has 0 radical (unpaired) electrons. The van der Waals surface area contributed by atoms with Crippen LogP contribution >= 0.6 is 0 Å². The Morgan fingerprint density at radius 1 is 1.00 bits per heavy atom. The highest BCUT2D eigenvalue weighted by Gasteiger charge is 2.23. The number of carbonyl (C=O) groups is 1. The highest BCUT2D eigenvalue weighted by molar-refractivity contribution is 5.93. The largest absolute Gasteiger partial charge is 0.353 e. The topological polar surface area (TPSA) is 98.0 Å². The second-order valence-electron chi connectivity index (χ2n) is 6.57. The minimum absolute atomic E-state index is 0.115. The van der Waals surface area contributed by atoms with Gasteiger partial charge in [0, 0.05) is 44.1 Å². The van der Waals surface area contributed by atoms with E-state index in [1.807, 2.05) is 18.2 Å². The molecule has 3 heterocycles. The maximum Gasteiger partial charge on any atom is 0.272 e. The molecule has 0 spiro atoms. The zero-order valence-corrected chi connectivity index (χ0v) is 15.7. The Bertz CT molecular complexity index is 1020. The lowest BCUT2D eigenvalue weighted by Gasteiger charge is -2.35. The molecule has 1 aliphatic heterocycles. The van der Waals surface area contributed by atoms with E-state index in [1.54, 1.807) is 41.4 Å². The third-order valence-electron chi connectivity index (χ3n) is 4.71. The Labute approximate surface area is 168 Å². The molecule has 0 aliphatic carbocycles. The van der Waals surface area contributed by atoms with Crippen molar-refractivity contribution in [3.63, 3.8) is 0 Å². The predicted octanol–water partition coefficient (Wildman–Crippen LogP) is 2.45. The van der Waals surface area contributed by atoms with Crippen LogP contribution in [0, 0.1) is 11.3 Å². The van der Waals surface area contributed by atoms with Crippen LogP contribution in [0.25, 0.3) is 0 Å². The van der Waals surface area contributed by atoms with Gasteiger partial charge in [-0.3, -0.25) is 4.79 Å². The average Bonchev–Trinajstić information content (AvgIpc) is 2.80. The highest BCUT2D eigenvalue weighted by atomic mass is 16.2. The molecule has 8 nitrogen and oxygen atoms in total. The number of aromatic nitrogens is 3. The van der Waals surface area contributed by atoms with Crippen molar-refractivity contribution in [3.8, 4) is 6.07 Å². The zero-order valence-electron chi connectivity index (χ0n) is 15.7. The van der Waals surface area contributed by atoms with Gasteiger partial charge in [0.15, 0.2) is 0 Å². The summed E-state index contributed by atoms with van der Waals surface area (Å²) in [5, 5.41) is 12.0. The molecular weight excluding hydrogens is 366 g/mol. The van der Waals surface area contributed by atoms with Gasteiger partial charge in [-0.2, -0.15) is 5.26 Å². The van der Waals surface area contributed by atoms with Gasteiger partial charge < -0.3 is 15.1 Å². The second kappa shape index (κ2) is 8.35. The second-order valence-corrected chi connectivity index (χ2v) is 6.57. The molecule has 1 N–H and O–H groups in total. The van der Waals surface area contributed by atoms with E-state index in [1.165, 1.54) is 6.33 Å². The van der Waals surface area contributed by atoms with E-state index in [0.717, 1.165) is 24.6 Å².